The van der Waals surface area contributed by atoms with Crippen molar-refractivity contribution in [1.29, 1.82) is 0 Å². The Morgan fingerprint density at radius 3 is 1.36 bits per heavy atom. The van der Waals surface area contributed by atoms with Crippen molar-refractivity contribution in [2.45, 2.75) is 55.2 Å². The Balaban J connectivity index is -0.000000123. The monoisotopic (exact) mass is 951 g/mol. The summed E-state index contributed by atoms with van der Waals surface area (Å²) in [6.07, 6.45) is 2.42. The molecule has 284 valence electrons. The van der Waals surface area contributed by atoms with Crippen LogP contribution in [0.1, 0.15) is 49.8 Å². The number of alkyl halides is 9. The smallest absolute Gasteiger partial charge is 0.741 e. The molecule has 1 aliphatic rings. The van der Waals surface area contributed by atoms with Gasteiger partial charge in [-0.3, -0.25) is 8.98 Å². The van der Waals surface area contributed by atoms with E-state index in [1.807, 2.05) is 0 Å². The molecule has 1 aromatic rings. The zero-order chi connectivity index (χ0) is 32.8. The van der Waals surface area contributed by atoms with E-state index in [1.165, 1.54) is 12.1 Å². The fourth-order valence-electron chi connectivity index (χ4n) is 2.66. The van der Waals surface area contributed by atoms with E-state index in [1.54, 1.807) is 38.1 Å². The molecule has 15 nitrogen and oxygen atoms in total. The number of ketones is 1. The number of fused-ring (bicyclic) bond motifs is 1. The maximum absolute atomic E-state index is 12.6. The summed E-state index contributed by atoms with van der Waals surface area (Å²) in [4.78, 5) is 11.8. The number of halogens is 9. The van der Waals surface area contributed by atoms with Gasteiger partial charge in [-0.05, 0) is 17.5 Å². The van der Waals surface area contributed by atoms with Crippen molar-refractivity contribution in [2.24, 2.45) is 5.92 Å². The average molecular weight is 950 g/mol. The Morgan fingerprint density at radius 2 is 1.06 bits per heavy atom. The van der Waals surface area contributed by atoms with Crippen molar-refractivity contribution in [2.75, 3.05) is 0 Å². The number of carbonyl (C=O) groups excluding carboxylic acids is 1. The molecular formula is C19H34F9N5O10OsS3. The van der Waals surface area contributed by atoms with Crippen LogP contribution >= 0.6 is 0 Å². The maximum Gasteiger partial charge on any atom is 2.00 e. The van der Waals surface area contributed by atoms with E-state index in [9.17, 15) is 52.7 Å². The van der Waals surface area contributed by atoms with Crippen molar-refractivity contribution in [3.63, 3.8) is 0 Å². The number of carbonyl (C=O) groups is 1. The van der Waals surface area contributed by atoms with Gasteiger partial charge in [-0.15, -0.1) is 0 Å². The van der Waals surface area contributed by atoms with E-state index < -0.39 is 53.0 Å². The van der Waals surface area contributed by atoms with Crippen molar-refractivity contribution >= 4 is 36.1 Å². The summed E-state index contributed by atoms with van der Waals surface area (Å²) in [5.74, 6) is -0.160. The Kier molecular flexibility index (Phi) is 28.3. The summed E-state index contributed by atoms with van der Waals surface area (Å²) in [6, 6.07) is 6.56. The van der Waals surface area contributed by atoms with Crippen LogP contribution in [0, 0.1) is 5.92 Å². The first-order valence-corrected chi connectivity index (χ1v) is 14.6. The molecule has 2 unspecified atom stereocenters. The number of allylic oxidation sites excluding steroid dienone is 1. The fourth-order valence-corrected chi connectivity index (χ4v) is 3.21. The van der Waals surface area contributed by atoms with E-state index in [2.05, 4.69) is 4.18 Å². The molecule has 0 radical (unpaired) electrons. The van der Waals surface area contributed by atoms with Crippen LogP contribution in [0.5, 0.6) is 0 Å². The topological polar surface area (TPSA) is 350 Å². The number of hydrogen-bond acceptors (Lipinski definition) is 15. The second-order valence-electron chi connectivity index (χ2n) is 8.00. The SMILES string of the molecule is CC(C)C(=O)CCC1C=CC(OS(=O)(=O)C(F)(F)F)c2ccccc21.N.N.N.N.N.O=S(=O)([O-])C(F)(F)F.O=S(=O)([O-])C(F)(F)F.[Os+2]. The largest absolute Gasteiger partial charge is 2.00 e. The van der Waals surface area contributed by atoms with Crippen molar-refractivity contribution in [3.8, 4) is 0 Å². The molecule has 0 saturated heterocycles. The van der Waals surface area contributed by atoms with Crippen molar-refractivity contribution < 1.29 is 103 Å². The second kappa shape index (κ2) is 22.0. The van der Waals surface area contributed by atoms with E-state index in [0.717, 1.165) is 0 Å². The van der Waals surface area contributed by atoms with E-state index in [4.69, 9.17) is 25.9 Å². The number of Topliss-reactive ketones (excluding diaryl/α,β-unsaturated/α-hetero) is 1. The van der Waals surface area contributed by atoms with Crippen LogP contribution in [-0.2, 0) is 59.1 Å². The Hall–Kier alpha value is -1.83. The summed E-state index contributed by atoms with van der Waals surface area (Å²) in [5, 5.41) is 0. The Labute approximate surface area is 277 Å². The van der Waals surface area contributed by atoms with E-state index in [-0.39, 0.29) is 68.2 Å². The molecule has 2 atom stereocenters. The average Bonchev–Trinajstić information content (AvgIpc) is 2.75. The molecule has 28 heteroatoms. The molecular weight excluding hydrogens is 916 g/mol. The van der Waals surface area contributed by atoms with Crippen molar-refractivity contribution in [1.82, 2.24) is 30.8 Å². The molecule has 0 aromatic heterocycles. The number of rotatable bonds is 6. The van der Waals surface area contributed by atoms with Gasteiger partial charge in [0.1, 0.15) is 11.9 Å². The molecule has 0 spiro atoms. The molecule has 0 aliphatic heterocycles. The molecule has 1 aliphatic carbocycles. The molecule has 0 fully saturated rings. The van der Waals surface area contributed by atoms with Crippen LogP contribution in [0.2, 0.25) is 0 Å². The summed E-state index contributed by atoms with van der Waals surface area (Å²) in [6.45, 7) is 3.61. The molecule has 47 heavy (non-hydrogen) atoms. The summed E-state index contributed by atoms with van der Waals surface area (Å²) >= 11 is 0. The third-order valence-corrected chi connectivity index (χ3v) is 6.81. The standard InChI is InChI=1S/C17H19F3O4S.2CHF3O3S.5H3N.Os/c1-11(2)15(21)9-7-12-8-10-16(14-6-4-3-5-13(12)14)24-25(22,23)17(18,19)20;2*2-1(3,4)8(5,6)7;;;;;;/h3-6,8,10-12,16H,7,9H2,1-2H3;2*(H,5,6,7);5*1H3;/q;;;;;;;;+2/p-2. The van der Waals surface area contributed by atoms with Gasteiger partial charge in [0.15, 0.2) is 20.2 Å². The molecule has 15 N–H and O–H groups in total. The normalized spacial score (nSPS) is 15.7. The number of hydrogen-bond donors (Lipinski definition) is 5. The van der Waals surface area contributed by atoms with Gasteiger partial charge in [-0.2, -0.15) is 47.9 Å². The minimum atomic E-state index is -6.09. The fraction of sp³-hybridized carbons (Fsp3) is 0.526. The summed E-state index contributed by atoms with van der Waals surface area (Å²) in [5.41, 5.74) is -15.7. The van der Waals surface area contributed by atoms with Crippen LogP contribution in [0.3, 0.4) is 0 Å². The predicted molar refractivity (Wildman–Crippen MR) is 143 cm³/mol. The third kappa shape index (κ3) is 19.7. The molecule has 0 amide bonds. The number of benzene rings is 1. The zero-order valence-electron chi connectivity index (χ0n) is 24.2. The van der Waals surface area contributed by atoms with E-state index in [0.29, 0.717) is 24.0 Å². The predicted octanol–water partition coefficient (Wildman–Crippen LogP) is 5.16. The maximum atomic E-state index is 12.6. The van der Waals surface area contributed by atoms with Gasteiger partial charge in [0, 0.05) is 18.3 Å². The van der Waals surface area contributed by atoms with Gasteiger partial charge < -0.3 is 39.9 Å². The Morgan fingerprint density at radius 1 is 0.723 bits per heavy atom. The van der Waals surface area contributed by atoms with Crippen LogP contribution in [0.25, 0.3) is 0 Å². The first-order chi connectivity index (χ1) is 18.0. The van der Waals surface area contributed by atoms with E-state index >= 15 is 0 Å². The minimum Gasteiger partial charge on any atom is -0.741 e. The van der Waals surface area contributed by atoms with Gasteiger partial charge in [0.05, 0.1) is 0 Å². The van der Waals surface area contributed by atoms with Gasteiger partial charge in [0.2, 0.25) is 0 Å². The van der Waals surface area contributed by atoms with Gasteiger partial charge >= 0.3 is 46.4 Å². The molecule has 0 bridgehead atoms. The first-order valence-electron chi connectivity index (χ1n) is 10.4. The van der Waals surface area contributed by atoms with Gasteiger partial charge in [0.25, 0.3) is 0 Å². The Bertz CT molecular complexity index is 1380. The zero-order valence-corrected chi connectivity index (χ0v) is 29.2. The first kappa shape index (κ1) is 60.5. The minimum absolute atomic E-state index is 0. The van der Waals surface area contributed by atoms with Crippen LogP contribution < -0.4 is 30.8 Å². The molecule has 0 saturated carbocycles. The second-order valence-corrected chi connectivity index (χ2v) is 12.3. The molecule has 0 heterocycles. The van der Waals surface area contributed by atoms with Crippen LogP contribution in [0.15, 0.2) is 36.4 Å². The third-order valence-electron chi connectivity index (χ3n) is 4.65. The summed E-state index contributed by atoms with van der Waals surface area (Å²) in [7, 11) is -17.9. The van der Waals surface area contributed by atoms with Crippen LogP contribution in [-0.4, -0.2) is 56.7 Å². The molecule has 1 aromatic carbocycles. The molecule has 2 rings (SSSR count). The van der Waals surface area contributed by atoms with Gasteiger partial charge in [-0.1, -0.05) is 50.3 Å². The van der Waals surface area contributed by atoms with Crippen LogP contribution in [0.4, 0.5) is 39.5 Å². The summed E-state index contributed by atoms with van der Waals surface area (Å²) < 4.78 is 182. The quantitative estimate of drug-likeness (QED) is 0.0808. The van der Waals surface area contributed by atoms with Gasteiger partial charge in [-0.25, -0.2) is 16.8 Å². The van der Waals surface area contributed by atoms with Crippen molar-refractivity contribution in [3.05, 3.63) is 47.5 Å².